The van der Waals surface area contributed by atoms with Crippen molar-refractivity contribution in [1.29, 1.82) is 0 Å². The first-order valence-electron chi connectivity index (χ1n) is 6.63. The van der Waals surface area contributed by atoms with Crippen molar-refractivity contribution in [1.82, 2.24) is 19.7 Å². The summed E-state index contributed by atoms with van der Waals surface area (Å²) in [7, 11) is 1.73. The topological polar surface area (TPSA) is 64.9 Å². The van der Waals surface area contributed by atoms with Crippen LogP contribution in [0.25, 0.3) is 5.82 Å². The molecule has 20 heavy (non-hydrogen) atoms. The summed E-state index contributed by atoms with van der Waals surface area (Å²) in [5.74, 6) is 0.743. The standard InChI is InChI=1S/C14H21N5O/c1-11(8-14(2,3)20-4)18-12-6-5-7-16-13(12)19-10-15-9-17-19/h5-7,9-11,18H,8H2,1-4H3. The van der Waals surface area contributed by atoms with E-state index in [1.807, 2.05) is 12.1 Å². The second-order valence-corrected chi connectivity index (χ2v) is 5.43. The predicted molar refractivity (Wildman–Crippen MR) is 77.9 cm³/mol. The molecule has 108 valence electrons. The summed E-state index contributed by atoms with van der Waals surface area (Å²) in [4.78, 5) is 8.31. The van der Waals surface area contributed by atoms with Crippen LogP contribution in [0.4, 0.5) is 5.69 Å². The summed E-state index contributed by atoms with van der Waals surface area (Å²) < 4.78 is 7.11. The summed E-state index contributed by atoms with van der Waals surface area (Å²) in [6.07, 6.45) is 5.76. The molecule has 0 bridgehead atoms. The Bertz CT molecular complexity index is 538. The third kappa shape index (κ3) is 3.54. The molecular formula is C14H21N5O. The molecule has 0 amide bonds. The second-order valence-electron chi connectivity index (χ2n) is 5.43. The SMILES string of the molecule is COC(C)(C)CC(C)Nc1cccnc1-n1cncn1. The van der Waals surface area contributed by atoms with Crippen molar-refractivity contribution < 1.29 is 4.74 Å². The van der Waals surface area contributed by atoms with Crippen molar-refractivity contribution in [3.8, 4) is 5.82 Å². The van der Waals surface area contributed by atoms with Crippen LogP contribution in [-0.4, -0.2) is 38.5 Å². The first kappa shape index (κ1) is 14.5. The van der Waals surface area contributed by atoms with Gasteiger partial charge in [-0.15, -0.1) is 0 Å². The molecular weight excluding hydrogens is 254 g/mol. The minimum absolute atomic E-state index is 0.165. The van der Waals surface area contributed by atoms with Gasteiger partial charge in [0.1, 0.15) is 12.7 Å². The molecule has 0 aliphatic rings. The zero-order valence-corrected chi connectivity index (χ0v) is 12.4. The van der Waals surface area contributed by atoms with Gasteiger partial charge in [0.15, 0.2) is 5.82 Å². The van der Waals surface area contributed by atoms with Crippen LogP contribution in [0.2, 0.25) is 0 Å². The average molecular weight is 275 g/mol. The maximum Gasteiger partial charge on any atom is 0.178 e. The third-order valence-electron chi connectivity index (χ3n) is 3.17. The number of nitrogens with one attached hydrogen (secondary N) is 1. The van der Waals surface area contributed by atoms with Crippen molar-refractivity contribution in [2.45, 2.75) is 38.8 Å². The smallest absolute Gasteiger partial charge is 0.178 e. The van der Waals surface area contributed by atoms with E-state index in [-0.39, 0.29) is 11.6 Å². The monoisotopic (exact) mass is 275 g/mol. The first-order valence-corrected chi connectivity index (χ1v) is 6.63. The molecule has 0 saturated carbocycles. The van der Waals surface area contributed by atoms with Crippen molar-refractivity contribution in [2.75, 3.05) is 12.4 Å². The molecule has 0 fully saturated rings. The van der Waals surface area contributed by atoms with Crippen LogP contribution in [-0.2, 0) is 4.74 Å². The molecule has 0 aliphatic heterocycles. The average Bonchev–Trinajstić information content (AvgIpc) is 2.92. The summed E-state index contributed by atoms with van der Waals surface area (Å²) in [5, 5.41) is 7.58. The molecule has 0 aliphatic carbocycles. The summed E-state index contributed by atoms with van der Waals surface area (Å²) >= 11 is 0. The van der Waals surface area contributed by atoms with Crippen molar-refractivity contribution in [2.24, 2.45) is 0 Å². The fraction of sp³-hybridized carbons (Fsp3) is 0.500. The van der Waals surface area contributed by atoms with Crippen LogP contribution in [0.3, 0.4) is 0 Å². The van der Waals surface area contributed by atoms with Gasteiger partial charge in [0.2, 0.25) is 0 Å². The highest BCUT2D eigenvalue weighted by molar-refractivity contribution is 5.56. The quantitative estimate of drug-likeness (QED) is 0.876. The second kappa shape index (κ2) is 6.00. The number of hydrogen-bond donors (Lipinski definition) is 1. The minimum Gasteiger partial charge on any atom is -0.379 e. The highest BCUT2D eigenvalue weighted by Gasteiger charge is 2.20. The Kier molecular flexibility index (Phi) is 4.34. The van der Waals surface area contributed by atoms with Crippen molar-refractivity contribution in [3.05, 3.63) is 31.0 Å². The Labute approximate surface area is 119 Å². The largest absolute Gasteiger partial charge is 0.379 e. The Balaban J connectivity index is 2.14. The molecule has 0 radical (unpaired) electrons. The van der Waals surface area contributed by atoms with Gasteiger partial charge in [0.25, 0.3) is 0 Å². The van der Waals surface area contributed by atoms with E-state index in [1.165, 1.54) is 6.33 Å². The number of methoxy groups -OCH3 is 1. The summed E-state index contributed by atoms with van der Waals surface area (Å²) in [6, 6.07) is 4.13. The van der Waals surface area contributed by atoms with E-state index >= 15 is 0 Å². The Hall–Kier alpha value is -1.95. The predicted octanol–water partition coefficient (Wildman–Crippen LogP) is 2.28. The molecule has 0 spiro atoms. The van der Waals surface area contributed by atoms with E-state index in [4.69, 9.17) is 4.74 Å². The van der Waals surface area contributed by atoms with Gasteiger partial charge >= 0.3 is 0 Å². The summed E-state index contributed by atoms with van der Waals surface area (Å²) in [5.41, 5.74) is 0.764. The van der Waals surface area contributed by atoms with E-state index < -0.39 is 0 Å². The number of rotatable bonds is 6. The molecule has 6 nitrogen and oxygen atoms in total. The maximum absolute atomic E-state index is 5.47. The number of nitrogens with zero attached hydrogens (tertiary/aromatic N) is 4. The molecule has 0 aromatic carbocycles. The Morgan fingerprint density at radius 3 is 2.90 bits per heavy atom. The molecule has 6 heteroatoms. The molecule has 1 N–H and O–H groups in total. The summed E-state index contributed by atoms with van der Waals surface area (Å²) in [6.45, 7) is 6.28. The number of aromatic nitrogens is 4. The van der Waals surface area contributed by atoms with Gasteiger partial charge in [-0.25, -0.2) is 14.6 Å². The van der Waals surface area contributed by atoms with E-state index in [9.17, 15) is 0 Å². The normalized spacial score (nSPS) is 13.2. The lowest BCUT2D eigenvalue weighted by atomic mass is 10.00. The lowest BCUT2D eigenvalue weighted by Gasteiger charge is -2.27. The molecule has 1 unspecified atom stereocenters. The van der Waals surface area contributed by atoms with Crippen LogP contribution in [0.1, 0.15) is 27.2 Å². The van der Waals surface area contributed by atoms with E-state index in [0.717, 1.165) is 17.9 Å². The van der Waals surface area contributed by atoms with Crippen LogP contribution >= 0.6 is 0 Å². The lowest BCUT2D eigenvalue weighted by Crippen LogP contribution is -2.31. The number of pyridine rings is 1. The molecule has 2 rings (SSSR count). The van der Waals surface area contributed by atoms with Gasteiger partial charge in [0, 0.05) is 19.3 Å². The molecule has 1 atom stereocenters. The van der Waals surface area contributed by atoms with Crippen molar-refractivity contribution in [3.63, 3.8) is 0 Å². The van der Waals surface area contributed by atoms with Crippen LogP contribution in [0.5, 0.6) is 0 Å². The van der Waals surface area contributed by atoms with Crippen LogP contribution in [0, 0.1) is 0 Å². The fourth-order valence-corrected chi connectivity index (χ4v) is 2.15. The van der Waals surface area contributed by atoms with Gasteiger partial charge in [-0.2, -0.15) is 5.10 Å². The first-order chi connectivity index (χ1) is 9.52. The fourth-order valence-electron chi connectivity index (χ4n) is 2.15. The van der Waals surface area contributed by atoms with E-state index in [2.05, 4.69) is 41.2 Å². The van der Waals surface area contributed by atoms with Crippen LogP contribution < -0.4 is 5.32 Å². The van der Waals surface area contributed by atoms with Gasteiger partial charge in [-0.05, 0) is 39.3 Å². The molecule has 0 saturated heterocycles. The van der Waals surface area contributed by atoms with E-state index in [1.54, 1.807) is 24.3 Å². The van der Waals surface area contributed by atoms with Gasteiger partial charge < -0.3 is 10.1 Å². The Morgan fingerprint density at radius 1 is 1.45 bits per heavy atom. The number of ether oxygens (including phenoxy) is 1. The number of hydrogen-bond acceptors (Lipinski definition) is 5. The lowest BCUT2D eigenvalue weighted by molar-refractivity contribution is 0.0128. The molecule has 2 heterocycles. The van der Waals surface area contributed by atoms with Gasteiger partial charge in [-0.3, -0.25) is 0 Å². The zero-order valence-electron chi connectivity index (χ0n) is 12.4. The van der Waals surface area contributed by atoms with E-state index in [0.29, 0.717) is 0 Å². The number of anilines is 1. The highest BCUT2D eigenvalue weighted by Crippen LogP contribution is 2.21. The van der Waals surface area contributed by atoms with Crippen LogP contribution in [0.15, 0.2) is 31.0 Å². The maximum atomic E-state index is 5.47. The van der Waals surface area contributed by atoms with Crippen molar-refractivity contribution >= 4 is 5.69 Å². The minimum atomic E-state index is -0.165. The highest BCUT2D eigenvalue weighted by atomic mass is 16.5. The van der Waals surface area contributed by atoms with Gasteiger partial charge in [-0.1, -0.05) is 0 Å². The zero-order chi connectivity index (χ0) is 14.6. The Morgan fingerprint density at radius 2 is 2.25 bits per heavy atom. The molecule has 2 aromatic rings. The molecule has 2 aromatic heterocycles. The van der Waals surface area contributed by atoms with Gasteiger partial charge in [0.05, 0.1) is 11.3 Å². The third-order valence-corrected chi connectivity index (χ3v) is 3.17.